The summed E-state index contributed by atoms with van der Waals surface area (Å²) >= 11 is 5.88. The average Bonchev–Trinajstić information content (AvgIpc) is 2.26. The number of fused-ring (bicyclic) bond motifs is 1. The lowest BCUT2D eigenvalue weighted by Gasteiger charge is -2.15. The molecule has 1 aromatic heterocycles. The molecule has 2 nitrogen and oxygen atoms in total. The van der Waals surface area contributed by atoms with Gasteiger partial charge in [0.2, 0.25) is 0 Å². The van der Waals surface area contributed by atoms with Crippen molar-refractivity contribution in [1.82, 2.24) is 4.98 Å². The summed E-state index contributed by atoms with van der Waals surface area (Å²) in [7, 11) is 0. The highest BCUT2D eigenvalue weighted by atomic mass is 35.5. The molecule has 0 amide bonds. The summed E-state index contributed by atoms with van der Waals surface area (Å²) in [6.45, 7) is 2.93. The number of anilines is 1. The first kappa shape index (κ1) is 13.0. The Bertz CT molecular complexity index is 635. The summed E-state index contributed by atoms with van der Waals surface area (Å²) in [6.07, 6.45) is -4.53. The number of nitrogen functional groups attached to an aromatic ring is 1. The lowest BCUT2D eigenvalue weighted by molar-refractivity contribution is -0.141. The van der Waals surface area contributed by atoms with Crippen molar-refractivity contribution < 1.29 is 13.2 Å². The molecule has 0 bridgehead atoms. The number of halogens is 4. The zero-order valence-corrected chi connectivity index (χ0v) is 10.4. The van der Waals surface area contributed by atoms with Crippen molar-refractivity contribution in [3.8, 4) is 0 Å². The molecule has 0 radical (unpaired) electrons. The fraction of sp³-hybridized carbons (Fsp3) is 0.250. The van der Waals surface area contributed by atoms with Crippen LogP contribution in [0.15, 0.2) is 12.1 Å². The number of pyridine rings is 1. The summed E-state index contributed by atoms with van der Waals surface area (Å²) < 4.78 is 38.5. The van der Waals surface area contributed by atoms with Crippen LogP contribution in [0.5, 0.6) is 0 Å². The predicted molar refractivity (Wildman–Crippen MR) is 65.6 cm³/mol. The van der Waals surface area contributed by atoms with Crippen LogP contribution in [0, 0.1) is 13.8 Å². The topological polar surface area (TPSA) is 38.9 Å². The molecule has 0 saturated carbocycles. The lowest BCUT2D eigenvalue weighted by atomic mass is 10.0. The molecule has 0 saturated heterocycles. The van der Waals surface area contributed by atoms with E-state index in [1.165, 1.54) is 6.92 Å². The Morgan fingerprint density at radius 3 is 2.33 bits per heavy atom. The average molecular weight is 275 g/mol. The Hall–Kier alpha value is -1.49. The van der Waals surface area contributed by atoms with Crippen LogP contribution in [0.2, 0.25) is 5.02 Å². The second-order valence-corrected chi connectivity index (χ2v) is 4.47. The molecule has 6 heteroatoms. The number of aromatic nitrogens is 1. The molecule has 0 aliphatic carbocycles. The van der Waals surface area contributed by atoms with Crippen LogP contribution in [0.3, 0.4) is 0 Å². The third kappa shape index (κ3) is 1.88. The van der Waals surface area contributed by atoms with E-state index in [1.54, 1.807) is 19.1 Å². The normalized spacial score (nSPS) is 12.1. The van der Waals surface area contributed by atoms with Crippen molar-refractivity contribution in [2.75, 3.05) is 5.73 Å². The lowest BCUT2D eigenvalue weighted by Crippen LogP contribution is -2.13. The zero-order valence-electron chi connectivity index (χ0n) is 9.69. The number of benzene rings is 1. The molecule has 2 N–H and O–H groups in total. The van der Waals surface area contributed by atoms with Gasteiger partial charge >= 0.3 is 6.18 Å². The van der Waals surface area contributed by atoms with Gasteiger partial charge in [0, 0.05) is 21.7 Å². The molecule has 0 unspecified atom stereocenters. The number of aryl methyl sites for hydroxylation is 1. The third-order valence-corrected chi connectivity index (χ3v) is 3.32. The van der Waals surface area contributed by atoms with Crippen LogP contribution in [0.4, 0.5) is 18.9 Å². The Labute approximate surface area is 107 Å². The van der Waals surface area contributed by atoms with Gasteiger partial charge in [0.15, 0.2) is 0 Å². The fourth-order valence-corrected chi connectivity index (χ4v) is 1.99. The van der Waals surface area contributed by atoms with Gasteiger partial charge in [-0.1, -0.05) is 11.6 Å². The SMILES string of the molecule is Cc1c(C(F)(F)F)nc2c(C)c(Cl)ccc2c1N. The van der Waals surface area contributed by atoms with Crippen molar-refractivity contribution in [2.45, 2.75) is 20.0 Å². The Morgan fingerprint density at radius 1 is 1.17 bits per heavy atom. The minimum atomic E-state index is -4.53. The highest BCUT2D eigenvalue weighted by Gasteiger charge is 2.35. The van der Waals surface area contributed by atoms with E-state index in [-0.39, 0.29) is 16.8 Å². The standard InChI is InChI=1S/C12H10ClF3N2/c1-5-8(13)4-3-7-9(17)6(2)11(12(14,15)16)18-10(5)7/h3-4H,1-2H3,(H2,17,18). The molecule has 0 aliphatic rings. The molecule has 2 rings (SSSR count). The Kier molecular flexibility index (Phi) is 2.89. The van der Waals surface area contributed by atoms with E-state index in [1.807, 2.05) is 0 Å². The molecule has 0 fully saturated rings. The van der Waals surface area contributed by atoms with Crippen molar-refractivity contribution in [3.63, 3.8) is 0 Å². The molecule has 96 valence electrons. The van der Waals surface area contributed by atoms with Crippen LogP contribution in [-0.2, 0) is 6.18 Å². The van der Waals surface area contributed by atoms with Crippen molar-refractivity contribution in [1.29, 1.82) is 0 Å². The predicted octanol–water partition coefficient (Wildman–Crippen LogP) is 4.11. The molecule has 0 atom stereocenters. The number of rotatable bonds is 0. The van der Waals surface area contributed by atoms with Crippen LogP contribution >= 0.6 is 11.6 Å². The van der Waals surface area contributed by atoms with Gasteiger partial charge in [0.25, 0.3) is 0 Å². The molecule has 1 heterocycles. The van der Waals surface area contributed by atoms with Gasteiger partial charge < -0.3 is 5.73 Å². The number of hydrogen-bond donors (Lipinski definition) is 1. The molecular formula is C12H10ClF3N2. The zero-order chi connectivity index (χ0) is 13.7. The molecular weight excluding hydrogens is 265 g/mol. The molecule has 2 aromatic rings. The van der Waals surface area contributed by atoms with Crippen LogP contribution < -0.4 is 5.73 Å². The van der Waals surface area contributed by atoms with Gasteiger partial charge in [-0.3, -0.25) is 0 Å². The van der Waals surface area contributed by atoms with Gasteiger partial charge in [-0.2, -0.15) is 13.2 Å². The van der Waals surface area contributed by atoms with E-state index in [4.69, 9.17) is 17.3 Å². The van der Waals surface area contributed by atoms with E-state index in [9.17, 15) is 13.2 Å². The molecule has 0 spiro atoms. The summed E-state index contributed by atoms with van der Waals surface area (Å²) in [5.41, 5.74) is 5.51. The second kappa shape index (κ2) is 4.02. The van der Waals surface area contributed by atoms with E-state index in [2.05, 4.69) is 4.98 Å². The Morgan fingerprint density at radius 2 is 1.78 bits per heavy atom. The van der Waals surface area contributed by atoms with E-state index >= 15 is 0 Å². The van der Waals surface area contributed by atoms with Crippen molar-refractivity contribution in [2.24, 2.45) is 0 Å². The number of nitrogens with zero attached hydrogens (tertiary/aromatic N) is 1. The first-order chi connectivity index (χ1) is 8.23. The first-order valence-corrected chi connectivity index (χ1v) is 5.53. The number of nitrogens with two attached hydrogens (primary N) is 1. The van der Waals surface area contributed by atoms with Gasteiger partial charge in [-0.15, -0.1) is 0 Å². The van der Waals surface area contributed by atoms with E-state index in [0.717, 1.165) is 0 Å². The van der Waals surface area contributed by atoms with E-state index < -0.39 is 11.9 Å². The Balaban J connectivity index is 2.94. The first-order valence-electron chi connectivity index (χ1n) is 5.15. The van der Waals surface area contributed by atoms with Gasteiger partial charge in [-0.25, -0.2) is 4.98 Å². The third-order valence-electron chi connectivity index (χ3n) is 2.91. The minimum Gasteiger partial charge on any atom is -0.398 e. The van der Waals surface area contributed by atoms with Crippen molar-refractivity contribution >= 4 is 28.2 Å². The smallest absolute Gasteiger partial charge is 0.398 e. The quantitative estimate of drug-likeness (QED) is 0.785. The van der Waals surface area contributed by atoms with Gasteiger partial charge in [-0.05, 0) is 31.5 Å². The maximum absolute atomic E-state index is 12.8. The minimum absolute atomic E-state index is 0.0586. The fourth-order valence-electron chi connectivity index (χ4n) is 1.84. The van der Waals surface area contributed by atoms with E-state index in [0.29, 0.717) is 16.0 Å². The molecule has 18 heavy (non-hydrogen) atoms. The second-order valence-electron chi connectivity index (χ2n) is 4.07. The molecule has 1 aromatic carbocycles. The largest absolute Gasteiger partial charge is 0.433 e. The highest BCUT2D eigenvalue weighted by molar-refractivity contribution is 6.32. The monoisotopic (exact) mass is 274 g/mol. The number of hydrogen-bond acceptors (Lipinski definition) is 2. The summed E-state index contributed by atoms with van der Waals surface area (Å²) in [5.74, 6) is 0. The van der Waals surface area contributed by atoms with Gasteiger partial charge in [0.1, 0.15) is 5.69 Å². The summed E-state index contributed by atoms with van der Waals surface area (Å²) in [6, 6.07) is 3.18. The van der Waals surface area contributed by atoms with Crippen molar-refractivity contribution in [3.05, 3.63) is 34.0 Å². The van der Waals surface area contributed by atoms with Crippen LogP contribution in [-0.4, -0.2) is 4.98 Å². The van der Waals surface area contributed by atoms with Crippen LogP contribution in [0.25, 0.3) is 10.9 Å². The van der Waals surface area contributed by atoms with Gasteiger partial charge in [0.05, 0.1) is 5.52 Å². The maximum Gasteiger partial charge on any atom is 0.433 e. The summed E-state index contributed by atoms with van der Waals surface area (Å²) in [4.78, 5) is 3.68. The number of alkyl halides is 3. The molecule has 0 aliphatic heterocycles. The maximum atomic E-state index is 12.8. The van der Waals surface area contributed by atoms with Crippen LogP contribution in [0.1, 0.15) is 16.8 Å². The summed E-state index contributed by atoms with van der Waals surface area (Å²) in [5, 5.41) is 0.855. The highest BCUT2D eigenvalue weighted by Crippen LogP contribution is 2.37.